The Morgan fingerprint density at radius 2 is 1.62 bits per heavy atom. The van der Waals surface area contributed by atoms with Crippen molar-refractivity contribution in [2.24, 2.45) is 0 Å². The van der Waals surface area contributed by atoms with Gasteiger partial charge >= 0.3 is 0 Å². The molecule has 6 heteroatoms. The second-order valence-corrected chi connectivity index (χ2v) is 7.29. The molecule has 0 spiro atoms. The van der Waals surface area contributed by atoms with E-state index in [1.807, 2.05) is 54.2 Å². The van der Waals surface area contributed by atoms with Crippen molar-refractivity contribution in [2.45, 2.75) is 0 Å². The number of nitrogens with zero attached hydrogens (tertiary/aromatic N) is 3. The lowest BCUT2D eigenvalue weighted by Gasteiger charge is -2.29. The van der Waals surface area contributed by atoms with Gasteiger partial charge < -0.3 is 14.4 Å². The van der Waals surface area contributed by atoms with Crippen LogP contribution in [-0.2, 0) is 0 Å². The van der Waals surface area contributed by atoms with E-state index in [0.29, 0.717) is 11.5 Å². The maximum atomic E-state index is 5.50. The molecule has 2 heterocycles. The molecular weight excluding hydrogens is 346 g/mol. The van der Waals surface area contributed by atoms with Crippen molar-refractivity contribution < 1.29 is 9.47 Å². The lowest BCUT2D eigenvalue weighted by atomic mass is 10.1. The van der Waals surface area contributed by atoms with E-state index in [9.17, 15) is 0 Å². The largest absolute Gasteiger partial charge is 0.493 e. The van der Waals surface area contributed by atoms with Gasteiger partial charge in [-0.1, -0.05) is 30.3 Å². The van der Waals surface area contributed by atoms with Gasteiger partial charge in [0.05, 0.1) is 19.7 Å². The number of hydrogen-bond donors (Lipinski definition) is 0. The van der Waals surface area contributed by atoms with Crippen LogP contribution in [0.5, 0.6) is 11.5 Å². The molecule has 0 atom stereocenters. The van der Waals surface area contributed by atoms with E-state index in [0.717, 1.165) is 52.7 Å². The summed E-state index contributed by atoms with van der Waals surface area (Å²) in [6.45, 7) is 1.97. The van der Waals surface area contributed by atoms with Gasteiger partial charge in [0.1, 0.15) is 5.82 Å². The smallest absolute Gasteiger partial charge is 0.162 e. The minimum absolute atomic E-state index is 0.679. The van der Waals surface area contributed by atoms with Crippen LogP contribution in [0.1, 0.15) is 0 Å². The first kappa shape index (κ1) is 17.0. The predicted molar refractivity (Wildman–Crippen MR) is 108 cm³/mol. The summed E-state index contributed by atoms with van der Waals surface area (Å²) in [4.78, 5) is 12.1. The Kier molecular flexibility index (Phi) is 4.84. The number of hydrogen-bond acceptors (Lipinski definition) is 6. The standard InChI is InChI=1S/C20H21N3O2S/c1-24-17-12-15-16(13-18(17)25-2)21-19(14-6-4-3-5-7-14)22-20(15)23-8-10-26-11-9-23/h3-7,12-13H,8-11H2,1-2H3. The van der Waals surface area contributed by atoms with Crippen molar-refractivity contribution in [3.8, 4) is 22.9 Å². The number of ether oxygens (including phenoxy) is 2. The van der Waals surface area contributed by atoms with Crippen molar-refractivity contribution in [1.82, 2.24) is 9.97 Å². The van der Waals surface area contributed by atoms with Crippen LogP contribution in [0.4, 0.5) is 5.82 Å². The van der Waals surface area contributed by atoms with Crippen LogP contribution in [-0.4, -0.2) is 48.8 Å². The van der Waals surface area contributed by atoms with Gasteiger partial charge in [-0.3, -0.25) is 0 Å². The van der Waals surface area contributed by atoms with Gasteiger partial charge in [-0.2, -0.15) is 11.8 Å². The number of fused-ring (bicyclic) bond motifs is 1. The second-order valence-electron chi connectivity index (χ2n) is 6.06. The highest BCUT2D eigenvalue weighted by Gasteiger charge is 2.20. The van der Waals surface area contributed by atoms with E-state index in [2.05, 4.69) is 4.90 Å². The molecule has 0 aliphatic carbocycles. The zero-order valence-electron chi connectivity index (χ0n) is 14.9. The molecular formula is C20H21N3O2S. The summed E-state index contributed by atoms with van der Waals surface area (Å²) in [5, 5.41) is 0.995. The Bertz CT molecular complexity index is 912. The number of benzene rings is 2. The number of thioether (sulfide) groups is 1. The van der Waals surface area contributed by atoms with Crippen LogP contribution >= 0.6 is 11.8 Å². The molecule has 1 saturated heterocycles. The van der Waals surface area contributed by atoms with Crippen LogP contribution < -0.4 is 14.4 Å². The van der Waals surface area contributed by atoms with Gasteiger partial charge in [0.25, 0.3) is 0 Å². The van der Waals surface area contributed by atoms with Crippen molar-refractivity contribution in [3.63, 3.8) is 0 Å². The Morgan fingerprint density at radius 3 is 2.31 bits per heavy atom. The Labute approximate surface area is 157 Å². The van der Waals surface area contributed by atoms with Crippen molar-refractivity contribution >= 4 is 28.5 Å². The highest BCUT2D eigenvalue weighted by Crippen LogP contribution is 2.36. The number of methoxy groups -OCH3 is 2. The minimum atomic E-state index is 0.679. The molecule has 0 bridgehead atoms. The molecule has 0 N–H and O–H groups in total. The number of rotatable bonds is 4. The minimum Gasteiger partial charge on any atom is -0.493 e. The molecule has 1 aliphatic rings. The maximum Gasteiger partial charge on any atom is 0.162 e. The van der Waals surface area contributed by atoms with Gasteiger partial charge in [-0.15, -0.1) is 0 Å². The van der Waals surface area contributed by atoms with E-state index >= 15 is 0 Å². The molecule has 2 aromatic carbocycles. The topological polar surface area (TPSA) is 47.5 Å². The van der Waals surface area contributed by atoms with Gasteiger partial charge in [0, 0.05) is 41.6 Å². The van der Waals surface area contributed by atoms with E-state index in [4.69, 9.17) is 19.4 Å². The molecule has 134 valence electrons. The third kappa shape index (κ3) is 3.17. The molecule has 1 aliphatic heterocycles. The average Bonchev–Trinajstić information content (AvgIpc) is 2.73. The van der Waals surface area contributed by atoms with Gasteiger partial charge in [-0.05, 0) is 6.07 Å². The highest BCUT2D eigenvalue weighted by atomic mass is 32.2. The average molecular weight is 367 g/mol. The van der Waals surface area contributed by atoms with Gasteiger partial charge in [0.2, 0.25) is 0 Å². The van der Waals surface area contributed by atoms with Crippen molar-refractivity contribution in [2.75, 3.05) is 43.7 Å². The summed E-state index contributed by atoms with van der Waals surface area (Å²) < 4.78 is 11.0. The normalized spacial score (nSPS) is 14.5. The summed E-state index contributed by atoms with van der Waals surface area (Å²) in [7, 11) is 3.30. The summed E-state index contributed by atoms with van der Waals surface area (Å²) in [5.74, 6) is 5.30. The Morgan fingerprint density at radius 1 is 0.923 bits per heavy atom. The highest BCUT2D eigenvalue weighted by molar-refractivity contribution is 7.99. The van der Waals surface area contributed by atoms with Crippen molar-refractivity contribution in [3.05, 3.63) is 42.5 Å². The second kappa shape index (κ2) is 7.41. The Balaban J connectivity index is 1.94. The molecule has 0 amide bonds. The lowest BCUT2D eigenvalue weighted by molar-refractivity contribution is 0.356. The van der Waals surface area contributed by atoms with E-state index < -0.39 is 0 Å². The van der Waals surface area contributed by atoms with Gasteiger partial charge in [-0.25, -0.2) is 9.97 Å². The fourth-order valence-electron chi connectivity index (χ4n) is 3.17. The molecule has 5 nitrogen and oxygen atoms in total. The first-order valence-electron chi connectivity index (χ1n) is 8.62. The summed E-state index contributed by atoms with van der Waals surface area (Å²) >= 11 is 1.98. The fourth-order valence-corrected chi connectivity index (χ4v) is 4.08. The SMILES string of the molecule is COc1cc2nc(-c3ccccc3)nc(N3CCSCC3)c2cc1OC. The van der Waals surface area contributed by atoms with E-state index in [1.165, 1.54) is 0 Å². The van der Waals surface area contributed by atoms with Crippen LogP contribution in [0.15, 0.2) is 42.5 Å². The first-order valence-corrected chi connectivity index (χ1v) is 9.77. The zero-order valence-corrected chi connectivity index (χ0v) is 15.8. The predicted octanol–water partition coefficient (Wildman–Crippen LogP) is 3.87. The zero-order chi connectivity index (χ0) is 17.9. The molecule has 1 aromatic heterocycles. The number of aromatic nitrogens is 2. The molecule has 0 unspecified atom stereocenters. The Hall–Kier alpha value is -2.47. The van der Waals surface area contributed by atoms with E-state index in [1.54, 1.807) is 14.2 Å². The molecule has 4 rings (SSSR count). The molecule has 0 radical (unpaired) electrons. The number of anilines is 1. The molecule has 1 fully saturated rings. The quantitative estimate of drug-likeness (QED) is 0.698. The molecule has 0 saturated carbocycles. The molecule has 26 heavy (non-hydrogen) atoms. The summed E-state index contributed by atoms with van der Waals surface area (Å²) in [6.07, 6.45) is 0. The first-order chi connectivity index (χ1) is 12.8. The summed E-state index contributed by atoms with van der Waals surface area (Å²) in [5.41, 5.74) is 1.88. The fraction of sp³-hybridized carbons (Fsp3) is 0.300. The summed E-state index contributed by atoms with van der Waals surface area (Å²) in [6, 6.07) is 14.0. The van der Waals surface area contributed by atoms with Gasteiger partial charge in [0.15, 0.2) is 17.3 Å². The lowest BCUT2D eigenvalue weighted by Crippen LogP contribution is -2.33. The van der Waals surface area contributed by atoms with Crippen molar-refractivity contribution in [1.29, 1.82) is 0 Å². The third-order valence-corrected chi connectivity index (χ3v) is 5.47. The maximum absolute atomic E-state index is 5.50. The monoisotopic (exact) mass is 367 g/mol. The van der Waals surface area contributed by atoms with Crippen LogP contribution in [0.3, 0.4) is 0 Å². The third-order valence-electron chi connectivity index (χ3n) is 4.52. The van der Waals surface area contributed by atoms with Crippen LogP contribution in [0, 0.1) is 0 Å². The molecule has 3 aromatic rings. The van der Waals surface area contributed by atoms with Crippen LogP contribution in [0.2, 0.25) is 0 Å². The van der Waals surface area contributed by atoms with E-state index in [-0.39, 0.29) is 0 Å². The van der Waals surface area contributed by atoms with Crippen LogP contribution in [0.25, 0.3) is 22.3 Å².